The zero-order valence-electron chi connectivity index (χ0n) is 16.6. The molecule has 1 aromatic carbocycles. The number of rotatable bonds is 7. The lowest BCUT2D eigenvalue weighted by Crippen LogP contribution is -2.30. The van der Waals surface area contributed by atoms with Gasteiger partial charge in [-0.1, -0.05) is 45.2 Å². The van der Waals surface area contributed by atoms with Gasteiger partial charge in [-0.25, -0.2) is 4.98 Å². The molecule has 3 rings (SSSR count). The lowest BCUT2D eigenvalue weighted by atomic mass is 10.1. The molecule has 5 nitrogen and oxygen atoms in total. The lowest BCUT2D eigenvalue weighted by Gasteiger charge is -2.09. The second-order valence-corrected chi connectivity index (χ2v) is 7.32. The van der Waals surface area contributed by atoms with Crippen LogP contribution in [0.25, 0.3) is 10.2 Å². The predicted molar refractivity (Wildman–Crippen MR) is 114 cm³/mol. The standard InChI is InChI=1S/C11H22N2O.C8H5NOS.C2H6/c12-8-4-1-5-9-13-11(14)10-6-2-3-7-10;10-5-8-9-6-3-1-2-4-7(6)11-8;1-2/h10H,1-9,12H2,(H,13,14);1-5H;1-2H3. The highest BCUT2D eigenvalue weighted by Crippen LogP contribution is 2.24. The number of carbonyl (C=O) groups excluding carboxylic acids is 2. The van der Waals surface area contributed by atoms with Crippen molar-refractivity contribution in [2.45, 2.75) is 58.8 Å². The maximum atomic E-state index is 11.5. The molecule has 1 heterocycles. The van der Waals surface area contributed by atoms with Gasteiger partial charge in [0.25, 0.3) is 0 Å². The van der Waals surface area contributed by atoms with Crippen LogP contribution in [0.1, 0.15) is 68.6 Å². The number of benzene rings is 1. The van der Waals surface area contributed by atoms with Gasteiger partial charge in [0, 0.05) is 12.5 Å². The van der Waals surface area contributed by atoms with E-state index < -0.39 is 0 Å². The van der Waals surface area contributed by atoms with Crippen molar-refractivity contribution in [3.05, 3.63) is 29.3 Å². The molecule has 1 aliphatic carbocycles. The van der Waals surface area contributed by atoms with Crippen LogP contribution in [0.2, 0.25) is 0 Å². The average molecular weight is 392 g/mol. The number of amides is 1. The number of aldehydes is 1. The van der Waals surface area contributed by atoms with Crippen LogP contribution in [0.4, 0.5) is 0 Å². The SMILES string of the molecule is CC.NCCCCCNC(=O)C1CCCC1.O=Cc1nc2ccccc2s1. The summed E-state index contributed by atoms with van der Waals surface area (Å²) in [4.78, 5) is 25.9. The normalized spacial score (nSPS) is 13.3. The van der Waals surface area contributed by atoms with Crippen molar-refractivity contribution < 1.29 is 9.59 Å². The smallest absolute Gasteiger partial charge is 0.223 e. The van der Waals surface area contributed by atoms with E-state index in [0.717, 1.165) is 61.7 Å². The number of nitrogens with two attached hydrogens (primary N) is 1. The van der Waals surface area contributed by atoms with Crippen LogP contribution in [0, 0.1) is 5.92 Å². The molecule has 1 aromatic heterocycles. The summed E-state index contributed by atoms with van der Waals surface area (Å²) in [5, 5.41) is 3.55. The molecule has 0 bridgehead atoms. The van der Waals surface area contributed by atoms with Crippen LogP contribution < -0.4 is 11.1 Å². The molecule has 0 aliphatic heterocycles. The molecule has 0 saturated heterocycles. The van der Waals surface area contributed by atoms with Crippen LogP contribution in [0.5, 0.6) is 0 Å². The van der Waals surface area contributed by atoms with Gasteiger partial charge in [0.05, 0.1) is 10.2 Å². The first-order valence-electron chi connectivity index (χ1n) is 10.0. The molecule has 0 unspecified atom stereocenters. The van der Waals surface area contributed by atoms with E-state index in [1.807, 2.05) is 38.1 Å². The number of unbranched alkanes of at least 4 members (excludes halogenated alkanes) is 2. The second kappa shape index (κ2) is 14.3. The van der Waals surface area contributed by atoms with Gasteiger partial charge in [0.2, 0.25) is 5.91 Å². The highest BCUT2D eigenvalue weighted by molar-refractivity contribution is 7.19. The zero-order chi connectivity index (χ0) is 19.9. The van der Waals surface area contributed by atoms with Crippen molar-refractivity contribution in [1.29, 1.82) is 0 Å². The molecule has 0 atom stereocenters. The Morgan fingerprint density at radius 1 is 1.22 bits per heavy atom. The van der Waals surface area contributed by atoms with Crippen molar-refractivity contribution >= 4 is 33.7 Å². The number of hydrogen-bond donors (Lipinski definition) is 2. The maximum absolute atomic E-state index is 11.5. The number of carbonyl (C=O) groups is 2. The quantitative estimate of drug-likeness (QED) is 0.535. The number of fused-ring (bicyclic) bond motifs is 1. The molecule has 6 heteroatoms. The van der Waals surface area contributed by atoms with E-state index in [-0.39, 0.29) is 5.91 Å². The number of para-hydroxylation sites is 1. The number of nitrogens with one attached hydrogen (secondary N) is 1. The summed E-state index contributed by atoms with van der Waals surface area (Å²) in [6, 6.07) is 7.71. The molecule has 1 aliphatic rings. The molecule has 150 valence electrons. The summed E-state index contributed by atoms with van der Waals surface area (Å²) in [6.45, 7) is 5.59. The topological polar surface area (TPSA) is 85.1 Å². The second-order valence-electron chi connectivity index (χ2n) is 6.26. The first-order chi connectivity index (χ1) is 13.2. The highest BCUT2D eigenvalue weighted by Gasteiger charge is 2.21. The van der Waals surface area contributed by atoms with Crippen LogP contribution in [-0.2, 0) is 4.79 Å². The van der Waals surface area contributed by atoms with E-state index in [1.165, 1.54) is 24.2 Å². The Kier molecular flexibility index (Phi) is 12.3. The summed E-state index contributed by atoms with van der Waals surface area (Å²) in [6.07, 6.45) is 8.68. The van der Waals surface area contributed by atoms with Crippen molar-refractivity contribution in [3.8, 4) is 0 Å². The van der Waals surface area contributed by atoms with Gasteiger partial charge in [-0.05, 0) is 44.4 Å². The minimum absolute atomic E-state index is 0.273. The van der Waals surface area contributed by atoms with E-state index in [1.54, 1.807) is 0 Å². The average Bonchev–Trinajstić information content (AvgIpc) is 3.39. The Morgan fingerprint density at radius 2 is 1.93 bits per heavy atom. The monoisotopic (exact) mass is 391 g/mol. The maximum Gasteiger partial charge on any atom is 0.223 e. The van der Waals surface area contributed by atoms with E-state index >= 15 is 0 Å². The fourth-order valence-corrected chi connectivity index (χ4v) is 3.71. The summed E-state index contributed by atoms with van der Waals surface area (Å²) < 4.78 is 1.06. The summed E-state index contributed by atoms with van der Waals surface area (Å²) >= 11 is 1.42. The van der Waals surface area contributed by atoms with Gasteiger partial charge in [0.1, 0.15) is 0 Å². The minimum Gasteiger partial charge on any atom is -0.356 e. The first kappa shape index (κ1) is 23.2. The van der Waals surface area contributed by atoms with Gasteiger partial charge in [-0.15, -0.1) is 11.3 Å². The summed E-state index contributed by atoms with van der Waals surface area (Å²) in [5.74, 6) is 0.583. The Hall–Kier alpha value is -1.79. The van der Waals surface area contributed by atoms with E-state index in [9.17, 15) is 9.59 Å². The molecule has 2 aromatic rings. The van der Waals surface area contributed by atoms with Crippen molar-refractivity contribution in [3.63, 3.8) is 0 Å². The van der Waals surface area contributed by atoms with Crippen LogP contribution in [0.15, 0.2) is 24.3 Å². The molecular formula is C21H33N3O2S. The van der Waals surface area contributed by atoms with E-state index in [4.69, 9.17) is 5.73 Å². The Balaban J connectivity index is 0.000000252. The highest BCUT2D eigenvalue weighted by atomic mass is 32.1. The number of hydrogen-bond acceptors (Lipinski definition) is 5. The molecule has 0 spiro atoms. The molecule has 27 heavy (non-hydrogen) atoms. The molecule has 0 radical (unpaired) electrons. The third-order valence-electron chi connectivity index (χ3n) is 4.32. The third-order valence-corrected chi connectivity index (χ3v) is 5.28. The van der Waals surface area contributed by atoms with Gasteiger partial charge >= 0.3 is 0 Å². The largest absolute Gasteiger partial charge is 0.356 e. The van der Waals surface area contributed by atoms with Crippen LogP contribution >= 0.6 is 11.3 Å². The Bertz CT molecular complexity index is 633. The fourth-order valence-electron chi connectivity index (χ4n) is 2.93. The summed E-state index contributed by atoms with van der Waals surface area (Å²) in [7, 11) is 0. The Labute approximate surface area is 166 Å². The third kappa shape index (κ3) is 8.63. The fraction of sp³-hybridized carbons (Fsp3) is 0.571. The first-order valence-corrected chi connectivity index (χ1v) is 10.8. The molecular weight excluding hydrogens is 358 g/mol. The Morgan fingerprint density at radius 3 is 2.56 bits per heavy atom. The minimum atomic E-state index is 0.273. The van der Waals surface area contributed by atoms with Gasteiger partial charge in [-0.3, -0.25) is 9.59 Å². The number of nitrogens with zero attached hydrogens (tertiary/aromatic N) is 1. The van der Waals surface area contributed by atoms with Crippen molar-refractivity contribution in [1.82, 2.24) is 10.3 Å². The zero-order valence-corrected chi connectivity index (χ0v) is 17.4. The molecule has 3 N–H and O–H groups in total. The lowest BCUT2D eigenvalue weighted by molar-refractivity contribution is -0.124. The van der Waals surface area contributed by atoms with Crippen molar-refractivity contribution in [2.24, 2.45) is 11.7 Å². The number of thiazole rings is 1. The van der Waals surface area contributed by atoms with E-state index in [0.29, 0.717) is 10.9 Å². The van der Waals surface area contributed by atoms with Crippen molar-refractivity contribution in [2.75, 3.05) is 13.1 Å². The predicted octanol–water partition coefficient (Wildman–Crippen LogP) is 4.56. The van der Waals surface area contributed by atoms with Gasteiger partial charge < -0.3 is 11.1 Å². The molecule has 1 saturated carbocycles. The van der Waals surface area contributed by atoms with Gasteiger partial charge in [-0.2, -0.15) is 0 Å². The summed E-state index contributed by atoms with van der Waals surface area (Å²) in [5.41, 5.74) is 6.29. The number of aromatic nitrogens is 1. The molecule has 1 amide bonds. The van der Waals surface area contributed by atoms with Crippen LogP contribution in [-0.4, -0.2) is 30.3 Å². The van der Waals surface area contributed by atoms with Crippen LogP contribution in [0.3, 0.4) is 0 Å². The van der Waals surface area contributed by atoms with E-state index in [2.05, 4.69) is 10.3 Å². The molecule has 1 fully saturated rings. The van der Waals surface area contributed by atoms with Gasteiger partial charge in [0.15, 0.2) is 11.3 Å².